The monoisotopic (exact) mass is 337 g/mol. The lowest BCUT2D eigenvalue weighted by Crippen LogP contribution is -2.32. The van der Waals surface area contributed by atoms with Crippen LogP contribution in [-0.2, 0) is 4.79 Å². The molecule has 0 saturated carbocycles. The molecule has 0 unspecified atom stereocenters. The Hall–Kier alpha value is -1.71. The number of ether oxygens (including phenoxy) is 1. The second-order valence-electron chi connectivity index (χ2n) is 4.93. The van der Waals surface area contributed by atoms with E-state index in [2.05, 4.69) is 5.32 Å². The summed E-state index contributed by atoms with van der Waals surface area (Å²) in [5.74, 6) is 0.410. The molecule has 5 heteroatoms. The van der Waals surface area contributed by atoms with Crippen LogP contribution in [0.2, 0.25) is 10.0 Å². The maximum atomic E-state index is 12.3. The number of carbonyl (C=O) groups is 1. The highest BCUT2D eigenvalue weighted by Gasteiger charge is 2.18. The van der Waals surface area contributed by atoms with E-state index in [1.807, 2.05) is 19.9 Å². The largest absolute Gasteiger partial charge is 0.481 e. The minimum atomic E-state index is -0.584. The van der Waals surface area contributed by atoms with E-state index in [0.717, 1.165) is 5.56 Å². The molecule has 0 aliphatic rings. The molecule has 0 bridgehead atoms. The molecule has 1 N–H and O–H groups in total. The van der Waals surface area contributed by atoms with Gasteiger partial charge in [-0.05, 0) is 55.3 Å². The molecule has 0 fully saturated rings. The summed E-state index contributed by atoms with van der Waals surface area (Å²) in [5.41, 5.74) is 1.55. The fourth-order valence-electron chi connectivity index (χ4n) is 1.97. The maximum Gasteiger partial charge on any atom is 0.265 e. The molecule has 0 radical (unpaired) electrons. The Labute approximate surface area is 140 Å². The molecule has 0 heterocycles. The Bertz CT molecular complexity index is 673. The number of aryl methyl sites for hydroxylation is 1. The number of amides is 1. The van der Waals surface area contributed by atoms with E-state index in [1.54, 1.807) is 36.4 Å². The van der Waals surface area contributed by atoms with Gasteiger partial charge < -0.3 is 10.1 Å². The average Bonchev–Trinajstić information content (AvgIpc) is 2.48. The number of halogens is 2. The molecule has 3 nitrogen and oxygen atoms in total. The standard InChI is InChI=1S/C17H17Cl2NO2/c1-3-16(22-14-7-8-15(19)11(2)9-14)17(21)20-13-6-4-5-12(18)10-13/h4-10,16H,3H2,1-2H3,(H,20,21)/t16-/m0/s1. The highest BCUT2D eigenvalue weighted by atomic mass is 35.5. The zero-order valence-electron chi connectivity index (χ0n) is 12.4. The zero-order valence-corrected chi connectivity index (χ0v) is 13.9. The molecule has 22 heavy (non-hydrogen) atoms. The topological polar surface area (TPSA) is 38.3 Å². The third-order valence-corrected chi connectivity index (χ3v) is 3.82. The smallest absolute Gasteiger partial charge is 0.265 e. The van der Waals surface area contributed by atoms with E-state index in [-0.39, 0.29) is 5.91 Å². The number of carbonyl (C=O) groups excluding carboxylic acids is 1. The Morgan fingerprint density at radius 1 is 1.23 bits per heavy atom. The summed E-state index contributed by atoms with van der Waals surface area (Å²) in [6.07, 6.45) is -0.0341. The Morgan fingerprint density at radius 2 is 2.00 bits per heavy atom. The summed E-state index contributed by atoms with van der Waals surface area (Å²) < 4.78 is 5.76. The molecule has 2 aromatic carbocycles. The lowest BCUT2D eigenvalue weighted by atomic mass is 10.2. The van der Waals surface area contributed by atoms with Gasteiger partial charge in [0.05, 0.1) is 0 Å². The van der Waals surface area contributed by atoms with Gasteiger partial charge in [0.25, 0.3) is 5.91 Å². The summed E-state index contributed by atoms with van der Waals surface area (Å²) >= 11 is 11.9. The molecule has 1 amide bonds. The molecule has 0 saturated heterocycles. The van der Waals surface area contributed by atoms with Crippen molar-refractivity contribution in [3.05, 3.63) is 58.1 Å². The van der Waals surface area contributed by atoms with Crippen molar-refractivity contribution in [3.8, 4) is 5.75 Å². The van der Waals surface area contributed by atoms with Crippen LogP contribution in [-0.4, -0.2) is 12.0 Å². The number of rotatable bonds is 5. The quantitative estimate of drug-likeness (QED) is 0.824. The lowest BCUT2D eigenvalue weighted by molar-refractivity contribution is -0.122. The van der Waals surface area contributed by atoms with E-state index >= 15 is 0 Å². The number of hydrogen-bond acceptors (Lipinski definition) is 2. The Balaban J connectivity index is 2.07. The van der Waals surface area contributed by atoms with Crippen molar-refractivity contribution < 1.29 is 9.53 Å². The van der Waals surface area contributed by atoms with Crippen LogP contribution < -0.4 is 10.1 Å². The first-order chi connectivity index (χ1) is 10.5. The molecular formula is C17H17Cl2NO2. The maximum absolute atomic E-state index is 12.3. The van der Waals surface area contributed by atoms with Crippen molar-refractivity contribution in [1.29, 1.82) is 0 Å². The van der Waals surface area contributed by atoms with E-state index in [1.165, 1.54) is 0 Å². The van der Waals surface area contributed by atoms with Crippen molar-refractivity contribution in [2.24, 2.45) is 0 Å². The second-order valence-corrected chi connectivity index (χ2v) is 5.77. The normalized spacial score (nSPS) is 11.8. The van der Waals surface area contributed by atoms with Crippen LogP contribution in [0.5, 0.6) is 5.75 Å². The molecule has 116 valence electrons. The van der Waals surface area contributed by atoms with Crippen molar-refractivity contribution in [1.82, 2.24) is 0 Å². The van der Waals surface area contributed by atoms with Crippen LogP contribution in [0.15, 0.2) is 42.5 Å². The van der Waals surface area contributed by atoms with Crippen LogP contribution in [0, 0.1) is 6.92 Å². The van der Waals surface area contributed by atoms with Crippen molar-refractivity contribution >= 4 is 34.8 Å². The number of benzene rings is 2. The molecular weight excluding hydrogens is 321 g/mol. The van der Waals surface area contributed by atoms with Gasteiger partial charge in [-0.2, -0.15) is 0 Å². The van der Waals surface area contributed by atoms with Gasteiger partial charge in [0.1, 0.15) is 5.75 Å². The summed E-state index contributed by atoms with van der Waals surface area (Å²) in [7, 11) is 0. The predicted octanol–water partition coefficient (Wildman–Crippen LogP) is 5.10. The SMILES string of the molecule is CC[C@H](Oc1ccc(Cl)c(C)c1)C(=O)Nc1cccc(Cl)c1. The van der Waals surface area contributed by atoms with E-state index in [4.69, 9.17) is 27.9 Å². The fraction of sp³-hybridized carbons (Fsp3) is 0.235. The Kier molecular flexibility index (Phi) is 5.69. The van der Waals surface area contributed by atoms with Crippen LogP contribution in [0.1, 0.15) is 18.9 Å². The summed E-state index contributed by atoms with van der Waals surface area (Å²) in [6, 6.07) is 12.3. The van der Waals surface area contributed by atoms with E-state index in [9.17, 15) is 4.79 Å². The van der Waals surface area contributed by atoms with Crippen LogP contribution in [0.25, 0.3) is 0 Å². The minimum absolute atomic E-state index is 0.211. The summed E-state index contributed by atoms with van der Waals surface area (Å²) in [6.45, 7) is 3.78. The first-order valence-electron chi connectivity index (χ1n) is 6.99. The van der Waals surface area contributed by atoms with Gasteiger partial charge in [-0.15, -0.1) is 0 Å². The first kappa shape index (κ1) is 16.7. The molecule has 0 aliphatic carbocycles. The van der Waals surface area contributed by atoms with Crippen LogP contribution >= 0.6 is 23.2 Å². The van der Waals surface area contributed by atoms with Crippen molar-refractivity contribution in [2.45, 2.75) is 26.4 Å². The van der Waals surface area contributed by atoms with Gasteiger partial charge in [-0.3, -0.25) is 4.79 Å². The van der Waals surface area contributed by atoms with Gasteiger partial charge in [0.15, 0.2) is 6.10 Å². The van der Waals surface area contributed by atoms with Gasteiger partial charge in [0.2, 0.25) is 0 Å². The number of anilines is 1. The highest BCUT2D eigenvalue weighted by Crippen LogP contribution is 2.23. The van der Waals surface area contributed by atoms with E-state index in [0.29, 0.717) is 27.9 Å². The Morgan fingerprint density at radius 3 is 2.64 bits per heavy atom. The fourth-order valence-corrected chi connectivity index (χ4v) is 2.27. The molecule has 2 rings (SSSR count). The predicted molar refractivity (Wildman–Crippen MR) is 91.0 cm³/mol. The van der Waals surface area contributed by atoms with Gasteiger partial charge in [-0.1, -0.05) is 36.2 Å². The first-order valence-corrected chi connectivity index (χ1v) is 7.74. The number of hydrogen-bond donors (Lipinski definition) is 1. The molecule has 1 atom stereocenters. The molecule has 0 aliphatic heterocycles. The molecule has 2 aromatic rings. The summed E-state index contributed by atoms with van der Waals surface area (Å²) in [4.78, 5) is 12.3. The zero-order chi connectivity index (χ0) is 16.1. The third-order valence-electron chi connectivity index (χ3n) is 3.16. The molecule has 0 aromatic heterocycles. The average molecular weight is 338 g/mol. The van der Waals surface area contributed by atoms with Gasteiger partial charge in [0, 0.05) is 15.7 Å². The summed E-state index contributed by atoms with van der Waals surface area (Å²) in [5, 5.41) is 4.05. The second kappa shape index (κ2) is 7.52. The highest BCUT2D eigenvalue weighted by molar-refractivity contribution is 6.31. The minimum Gasteiger partial charge on any atom is -0.481 e. The van der Waals surface area contributed by atoms with Gasteiger partial charge in [-0.25, -0.2) is 0 Å². The van der Waals surface area contributed by atoms with Crippen molar-refractivity contribution in [2.75, 3.05) is 5.32 Å². The van der Waals surface area contributed by atoms with E-state index < -0.39 is 6.10 Å². The molecule has 0 spiro atoms. The van der Waals surface area contributed by atoms with Crippen LogP contribution in [0.4, 0.5) is 5.69 Å². The van der Waals surface area contributed by atoms with Crippen LogP contribution in [0.3, 0.4) is 0 Å². The van der Waals surface area contributed by atoms with Crippen molar-refractivity contribution in [3.63, 3.8) is 0 Å². The third kappa shape index (κ3) is 4.39. The lowest BCUT2D eigenvalue weighted by Gasteiger charge is -2.18. The van der Waals surface area contributed by atoms with Gasteiger partial charge >= 0.3 is 0 Å². The number of nitrogens with one attached hydrogen (secondary N) is 1.